The minimum Gasteiger partial charge on any atom is -0.469 e. The van der Waals surface area contributed by atoms with E-state index in [0.29, 0.717) is 0 Å². The summed E-state index contributed by atoms with van der Waals surface area (Å²) >= 11 is 0. The van der Waals surface area contributed by atoms with Crippen LogP contribution in [0, 0.1) is 0 Å². The molecule has 110 valence electrons. The largest absolute Gasteiger partial charge is 0.509 e. The van der Waals surface area contributed by atoms with E-state index in [4.69, 9.17) is 9.47 Å². The van der Waals surface area contributed by atoms with Gasteiger partial charge in [-0.1, -0.05) is 0 Å². The first-order chi connectivity index (χ1) is 8.67. The molecule has 0 fully saturated rings. The van der Waals surface area contributed by atoms with Gasteiger partial charge in [0.1, 0.15) is 11.7 Å². The molecule has 0 spiro atoms. The fourth-order valence-corrected chi connectivity index (χ4v) is 1.10. The Labute approximate surface area is 112 Å². The molecule has 0 unspecified atom stereocenters. The van der Waals surface area contributed by atoms with Crippen LogP contribution in [0.15, 0.2) is 0 Å². The maximum Gasteiger partial charge on any atom is 0.509 e. The monoisotopic (exact) mass is 276 g/mol. The molecule has 0 saturated heterocycles. The zero-order valence-corrected chi connectivity index (χ0v) is 11.8. The molecule has 19 heavy (non-hydrogen) atoms. The van der Waals surface area contributed by atoms with Gasteiger partial charge in [0.25, 0.3) is 0 Å². The molecule has 0 amide bonds. The summed E-state index contributed by atoms with van der Waals surface area (Å²) < 4.78 is 18.8. The van der Waals surface area contributed by atoms with Crippen molar-refractivity contribution in [2.45, 2.75) is 45.3 Å². The van der Waals surface area contributed by atoms with Crippen molar-refractivity contribution in [2.75, 3.05) is 14.2 Å². The molecule has 0 aliphatic heterocycles. The summed E-state index contributed by atoms with van der Waals surface area (Å²) in [6.07, 6.45) is -2.42. The van der Waals surface area contributed by atoms with Crippen molar-refractivity contribution < 1.29 is 33.3 Å². The van der Waals surface area contributed by atoms with Crippen LogP contribution in [0.1, 0.15) is 33.6 Å². The number of esters is 2. The van der Waals surface area contributed by atoms with Gasteiger partial charge in [-0.3, -0.25) is 9.59 Å². The lowest BCUT2D eigenvalue weighted by molar-refractivity contribution is -0.147. The quantitative estimate of drug-likeness (QED) is 0.554. The molecule has 0 N–H and O–H groups in total. The van der Waals surface area contributed by atoms with Crippen LogP contribution >= 0.6 is 0 Å². The topological polar surface area (TPSA) is 88.1 Å². The van der Waals surface area contributed by atoms with Gasteiger partial charge < -0.3 is 18.9 Å². The molecule has 7 nitrogen and oxygen atoms in total. The molecule has 0 bridgehead atoms. The predicted molar refractivity (Wildman–Crippen MR) is 64.4 cm³/mol. The van der Waals surface area contributed by atoms with Gasteiger partial charge in [0, 0.05) is 0 Å². The van der Waals surface area contributed by atoms with Crippen LogP contribution in [0.25, 0.3) is 0 Å². The highest BCUT2D eigenvalue weighted by Crippen LogP contribution is 2.13. The van der Waals surface area contributed by atoms with Gasteiger partial charge in [-0.25, -0.2) is 4.79 Å². The molecule has 0 rings (SSSR count). The fourth-order valence-electron chi connectivity index (χ4n) is 1.10. The first-order valence-electron chi connectivity index (χ1n) is 5.71. The summed E-state index contributed by atoms with van der Waals surface area (Å²) in [6, 6.07) is 0. The summed E-state index contributed by atoms with van der Waals surface area (Å²) in [5.41, 5.74) is -0.724. The summed E-state index contributed by atoms with van der Waals surface area (Å²) in [6.45, 7) is 5.01. The number of methoxy groups -OCH3 is 2. The Balaban J connectivity index is 4.52. The van der Waals surface area contributed by atoms with E-state index in [1.165, 1.54) is 14.2 Å². The van der Waals surface area contributed by atoms with Crippen molar-refractivity contribution in [1.82, 2.24) is 0 Å². The Morgan fingerprint density at radius 1 is 0.947 bits per heavy atom. The molecule has 0 radical (unpaired) electrons. The third-order valence-electron chi connectivity index (χ3n) is 1.90. The highest BCUT2D eigenvalue weighted by atomic mass is 16.7. The lowest BCUT2D eigenvalue weighted by Crippen LogP contribution is -2.30. The van der Waals surface area contributed by atoms with Crippen LogP contribution in [-0.4, -0.2) is 44.0 Å². The number of carbonyl (C=O) groups excluding carboxylic acids is 3. The third-order valence-corrected chi connectivity index (χ3v) is 1.90. The Morgan fingerprint density at radius 3 is 1.68 bits per heavy atom. The van der Waals surface area contributed by atoms with Crippen LogP contribution < -0.4 is 0 Å². The molecule has 0 aliphatic rings. The van der Waals surface area contributed by atoms with Crippen molar-refractivity contribution in [3.63, 3.8) is 0 Å². The normalized spacial score (nSPS) is 10.8. The zero-order valence-electron chi connectivity index (χ0n) is 11.8. The Bertz CT molecular complexity index is 311. The Kier molecular flexibility index (Phi) is 6.89. The van der Waals surface area contributed by atoms with Crippen LogP contribution in [0.3, 0.4) is 0 Å². The van der Waals surface area contributed by atoms with Crippen molar-refractivity contribution >= 4 is 18.1 Å². The smallest absolute Gasteiger partial charge is 0.469 e. The standard InChI is InChI=1S/C12H20O7/c1-12(2,3)19-11(15)18-8(6-9(13)16-4)7-10(14)17-5/h8H,6-7H2,1-5H3. The first-order valence-corrected chi connectivity index (χ1v) is 5.71. The molecule has 0 saturated carbocycles. The van der Waals surface area contributed by atoms with Crippen LogP contribution in [0.4, 0.5) is 4.79 Å². The number of ether oxygens (including phenoxy) is 4. The molecular weight excluding hydrogens is 256 g/mol. The zero-order chi connectivity index (χ0) is 15.1. The van der Waals surface area contributed by atoms with E-state index < -0.39 is 29.8 Å². The van der Waals surface area contributed by atoms with E-state index in [9.17, 15) is 14.4 Å². The Hall–Kier alpha value is -1.79. The van der Waals surface area contributed by atoms with Crippen LogP contribution in [0.2, 0.25) is 0 Å². The van der Waals surface area contributed by atoms with Crippen molar-refractivity contribution in [3.05, 3.63) is 0 Å². The number of hydrogen-bond acceptors (Lipinski definition) is 7. The summed E-state index contributed by atoms with van der Waals surface area (Å²) in [7, 11) is 2.40. The van der Waals surface area contributed by atoms with Crippen molar-refractivity contribution in [3.8, 4) is 0 Å². The van der Waals surface area contributed by atoms with E-state index in [0.717, 1.165) is 0 Å². The van der Waals surface area contributed by atoms with Gasteiger partial charge in [0.15, 0.2) is 0 Å². The minimum absolute atomic E-state index is 0.245. The average molecular weight is 276 g/mol. The summed E-state index contributed by atoms with van der Waals surface area (Å²) in [5, 5.41) is 0. The SMILES string of the molecule is COC(=O)CC(CC(=O)OC)OC(=O)OC(C)(C)C. The van der Waals surface area contributed by atoms with Gasteiger partial charge in [-0.2, -0.15) is 0 Å². The second kappa shape index (κ2) is 7.60. The van der Waals surface area contributed by atoms with Gasteiger partial charge >= 0.3 is 18.1 Å². The fraction of sp³-hybridized carbons (Fsp3) is 0.750. The van der Waals surface area contributed by atoms with E-state index in [-0.39, 0.29) is 12.8 Å². The van der Waals surface area contributed by atoms with Crippen molar-refractivity contribution in [1.29, 1.82) is 0 Å². The highest BCUT2D eigenvalue weighted by molar-refractivity contribution is 5.74. The lowest BCUT2D eigenvalue weighted by atomic mass is 10.2. The highest BCUT2D eigenvalue weighted by Gasteiger charge is 2.26. The second-order valence-electron chi connectivity index (χ2n) is 4.76. The first kappa shape index (κ1) is 17.2. The Morgan fingerprint density at radius 2 is 1.37 bits per heavy atom. The molecule has 0 heterocycles. The number of carbonyl (C=O) groups is 3. The average Bonchev–Trinajstić information content (AvgIpc) is 2.25. The number of hydrogen-bond donors (Lipinski definition) is 0. The van der Waals surface area contributed by atoms with Gasteiger partial charge in [0.2, 0.25) is 0 Å². The van der Waals surface area contributed by atoms with E-state index in [1.807, 2.05) is 0 Å². The van der Waals surface area contributed by atoms with Gasteiger partial charge in [-0.15, -0.1) is 0 Å². The molecular formula is C12H20O7. The third kappa shape index (κ3) is 8.87. The van der Waals surface area contributed by atoms with E-state index in [1.54, 1.807) is 20.8 Å². The van der Waals surface area contributed by atoms with Crippen LogP contribution in [-0.2, 0) is 28.5 Å². The second-order valence-corrected chi connectivity index (χ2v) is 4.76. The minimum atomic E-state index is -0.977. The van der Waals surface area contributed by atoms with Crippen LogP contribution in [0.5, 0.6) is 0 Å². The van der Waals surface area contributed by atoms with Gasteiger partial charge in [-0.05, 0) is 20.8 Å². The molecule has 0 aromatic carbocycles. The molecule has 0 aromatic heterocycles. The molecule has 0 atom stereocenters. The number of rotatable bonds is 5. The van der Waals surface area contributed by atoms with Crippen molar-refractivity contribution in [2.24, 2.45) is 0 Å². The summed E-state index contributed by atoms with van der Waals surface area (Å²) in [4.78, 5) is 33.8. The maximum absolute atomic E-state index is 11.5. The van der Waals surface area contributed by atoms with Gasteiger partial charge in [0.05, 0.1) is 27.1 Å². The van der Waals surface area contributed by atoms with E-state index in [2.05, 4.69) is 9.47 Å². The maximum atomic E-state index is 11.5. The predicted octanol–water partition coefficient (Wildman–Crippen LogP) is 1.43. The van der Waals surface area contributed by atoms with E-state index >= 15 is 0 Å². The molecule has 0 aromatic rings. The lowest BCUT2D eigenvalue weighted by Gasteiger charge is -2.21. The molecule has 7 heteroatoms. The summed E-state index contributed by atoms with van der Waals surface area (Å²) in [5.74, 6) is -1.20. The molecule has 0 aliphatic carbocycles.